The molecule has 0 bridgehead atoms. The van der Waals surface area contributed by atoms with E-state index in [9.17, 15) is 4.57 Å². The molecule has 2 aromatic rings. The molecule has 4 nitrogen and oxygen atoms in total. The molecule has 0 radical (unpaired) electrons. The van der Waals surface area contributed by atoms with E-state index in [0.29, 0.717) is 11.5 Å². The van der Waals surface area contributed by atoms with Gasteiger partial charge in [0.1, 0.15) is 17.6 Å². The largest absolute Gasteiger partial charge is 0.588 e. The Hall–Kier alpha value is -1.48. The molecule has 19 heavy (non-hydrogen) atoms. The van der Waals surface area contributed by atoms with Crippen molar-refractivity contribution in [1.82, 2.24) is 0 Å². The summed E-state index contributed by atoms with van der Waals surface area (Å²) in [5.74, 6) is 0.763. The summed E-state index contributed by atoms with van der Waals surface area (Å²) in [4.78, 5) is 0. The summed E-state index contributed by atoms with van der Waals surface area (Å²) in [6, 6.07) is 17.0. The number of rotatable bonds is 6. The number of phosphoric ester groups is 1. The fourth-order valence-corrected chi connectivity index (χ4v) is 2.73. The molecular formula is C13H12ClO4P. The van der Waals surface area contributed by atoms with Gasteiger partial charge in [-0.1, -0.05) is 48.0 Å². The van der Waals surface area contributed by atoms with Gasteiger partial charge in [0.05, 0.1) is 0 Å². The van der Waals surface area contributed by atoms with E-state index in [2.05, 4.69) is 0 Å². The van der Waals surface area contributed by atoms with Crippen LogP contribution in [0.3, 0.4) is 0 Å². The van der Waals surface area contributed by atoms with Gasteiger partial charge in [-0.3, -0.25) is 4.52 Å². The standard InChI is InChI=1S/C13H12ClO4P/c14-11-16-19(15,17-12-7-3-1-4-8-12)18-13-9-5-2-6-10-13/h1-10H,11H2. The molecule has 2 rings (SSSR count). The van der Waals surface area contributed by atoms with Crippen molar-refractivity contribution in [1.29, 1.82) is 0 Å². The lowest BCUT2D eigenvalue weighted by atomic mass is 10.3. The first-order valence-corrected chi connectivity index (χ1v) is 7.51. The van der Waals surface area contributed by atoms with Crippen molar-refractivity contribution in [3.8, 4) is 11.5 Å². The fraction of sp³-hybridized carbons (Fsp3) is 0.0769. The zero-order chi connectivity index (χ0) is 13.6. The second kappa shape index (κ2) is 6.62. The molecule has 100 valence electrons. The minimum Gasteiger partial charge on any atom is -0.395 e. The van der Waals surface area contributed by atoms with Gasteiger partial charge in [-0.05, 0) is 24.3 Å². The van der Waals surface area contributed by atoms with Crippen LogP contribution in [0.1, 0.15) is 0 Å². The molecule has 0 aliphatic carbocycles. The van der Waals surface area contributed by atoms with Gasteiger partial charge in [-0.15, -0.1) is 0 Å². The summed E-state index contributed by atoms with van der Waals surface area (Å²) in [5, 5.41) is 0. The second-order valence-electron chi connectivity index (χ2n) is 3.49. The van der Waals surface area contributed by atoms with Crippen molar-refractivity contribution in [2.75, 3.05) is 6.07 Å². The van der Waals surface area contributed by atoms with Crippen LogP contribution < -0.4 is 9.05 Å². The molecule has 0 atom stereocenters. The molecule has 0 saturated heterocycles. The van der Waals surface area contributed by atoms with E-state index in [1.807, 2.05) is 12.1 Å². The minimum atomic E-state index is -3.80. The van der Waals surface area contributed by atoms with Crippen LogP contribution in [0.2, 0.25) is 0 Å². The van der Waals surface area contributed by atoms with Crippen LogP contribution in [0.5, 0.6) is 11.5 Å². The molecule has 0 fully saturated rings. The molecule has 0 aromatic heterocycles. The first-order chi connectivity index (χ1) is 9.22. The Kier molecular flexibility index (Phi) is 4.86. The Labute approximate surface area is 116 Å². The highest BCUT2D eigenvalue weighted by atomic mass is 35.5. The molecule has 0 N–H and O–H groups in total. The number of alkyl halides is 1. The molecule has 0 amide bonds. The normalized spacial score (nSPS) is 11.0. The molecule has 0 saturated carbocycles. The highest BCUT2D eigenvalue weighted by Gasteiger charge is 2.30. The van der Waals surface area contributed by atoms with Gasteiger partial charge in [0.15, 0.2) is 0 Å². The number of para-hydroxylation sites is 2. The fourth-order valence-electron chi connectivity index (χ4n) is 1.35. The summed E-state index contributed by atoms with van der Waals surface area (Å²) in [5.41, 5.74) is 0. The van der Waals surface area contributed by atoms with Crippen molar-refractivity contribution < 1.29 is 18.1 Å². The van der Waals surface area contributed by atoms with Gasteiger partial charge in [0.2, 0.25) is 0 Å². The third-order valence-electron chi connectivity index (χ3n) is 2.13. The lowest BCUT2D eigenvalue weighted by Crippen LogP contribution is -2.04. The van der Waals surface area contributed by atoms with Gasteiger partial charge >= 0.3 is 7.82 Å². The van der Waals surface area contributed by atoms with Crippen LogP contribution in [0.25, 0.3) is 0 Å². The summed E-state index contributed by atoms with van der Waals surface area (Å²) in [6.07, 6.45) is 0. The third-order valence-corrected chi connectivity index (χ3v) is 3.70. The smallest absolute Gasteiger partial charge is 0.395 e. The molecule has 6 heteroatoms. The highest BCUT2D eigenvalue weighted by Crippen LogP contribution is 2.49. The molecular weight excluding hydrogens is 287 g/mol. The van der Waals surface area contributed by atoms with Crippen molar-refractivity contribution >= 4 is 19.4 Å². The zero-order valence-corrected chi connectivity index (χ0v) is 11.6. The van der Waals surface area contributed by atoms with Crippen molar-refractivity contribution in [3.63, 3.8) is 0 Å². The van der Waals surface area contributed by atoms with Gasteiger partial charge in [-0.25, -0.2) is 4.57 Å². The van der Waals surface area contributed by atoms with Crippen LogP contribution in [0, 0.1) is 0 Å². The highest BCUT2D eigenvalue weighted by molar-refractivity contribution is 7.49. The first kappa shape index (κ1) is 13.9. The lowest BCUT2D eigenvalue weighted by Gasteiger charge is -2.17. The van der Waals surface area contributed by atoms with E-state index in [1.165, 1.54) is 0 Å². The van der Waals surface area contributed by atoms with E-state index >= 15 is 0 Å². The number of phosphoric acid groups is 1. The summed E-state index contributed by atoms with van der Waals surface area (Å²) >= 11 is 5.46. The van der Waals surface area contributed by atoms with E-state index in [0.717, 1.165) is 0 Å². The first-order valence-electron chi connectivity index (χ1n) is 5.52. The SMILES string of the molecule is O=P(OCCl)(Oc1ccccc1)Oc1ccccc1. The Morgan fingerprint density at radius 2 is 1.26 bits per heavy atom. The third kappa shape index (κ3) is 4.28. The van der Waals surface area contributed by atoms with Crippen LogP contribution in [0.4, 0.5) is 0 Å². The average molecular weight is 299 g/mol. The molecule has 0 aliphatic heterocycles. The van der Waals surface area contributed by atoms with E-state index < -0.39 is 7.82 Å². The van der Waals surface area contributed by atoms with Crippen LogP contribution in [0.15, 0.2) is 60.7 Å². The van der Waals surface area contributed by atoms with E-state index in [4.69, 9.17) is 25.2 Å². The molecule has 2 aromatic carbocycles. The van der Waals surface area contributed by atoms with Crippen molar-refractivity contribution in [2.45, 2.75) is 0 Å². The van der Waals surface area contributed by atoms with Crippen molar-refractivity contribution in [2.24, 2.45) is 0 Å². The van der Waals surface area contributed by atoms with Crippen LogP contribution >= 0.6 is 19.4 Å². The average Bonchev–Trinajstić information content (AvgIpc) is 2.41. The van der Waals surface area contributed by atoms with E-state index in [1.54, 1.807) is 48.5 Å². The quantitative estimate of drug-likeness (QED) is 0.583. The Balaban J connectivity index is 2.16. The predicted molar refractivity (Wildman–Crippen MR) is 73.6 cm³/mol. The zero-order valence-electron chi connectivity index (χ0n) is 9.94. The van der Waals surface area contributed by atoms with Crippen LogP contribution in [-0.2, 0) is 9.09 Å². The monoisotopic (exact) mass is 298 g/mol. The van der Waals surface area contributed by atoms with Gasteiger partial charge in [-0.2, -0.15) is 0 Å². The van der Waals surface area contributed by atoms with Crippen molar-refractivity contribution in [3.05, 3.63) is 60.7 Å². The van der Waals surface area contributed by atoms with Gasteiger partial charge < -0.3 is 9.05 Å². The molecule has 0 unspecified atom stereocenters. The predicted octanol–water partition coefficient (Wildman–Crippen LogP) is 4.47. The van der Waals surface area contributed by atoms with Crippen LogP contribution in [-0.4, -0.2) is 6.07 Å². The Morgan fingerprint density at radius 1 is 0.842 bits per heavy atom. The maximum absolute atomic E-state index is 12.4. The summed E-state index contributed by atoms with van der Waals surface area (Å²) in [7, 11) is -3.80. The Morgan fingerprint density at radius 3 is 1.63 bits per heavy atom. The topological polar surface area (TPSA) is 44.8 Å². The number of hydrogen-bond acceptors (Lipinski definition) is 4. The maximum Gasteiger partial charge on any atom is 0.588 e. The van der Waals surface area contributed by atoms with E-state index in [-0.39, 0.29) is 6.07 Å². The lowest BCUT2D eigenvalue weighted by molar-refractivity contribution is 0.239. The minimum absolute atomic E-state index is 0.295. The van der Waals surface area contributed by atoms with Gasteiger partial charge in [0, 0.05) is 0 Å². The summed E-state index contributed by atoms with van der Waals surface area (Å²) < 4.78 is 27.9. The molecule has 0 spiro atoms. The maximum atomic E-state index is 12.4. The number of hydrogen-bond donors (Lipinski definition) is 0. The number of benzene rings is 2. The number of halogens is 1. The van der Waals surface area contributed by atoms with Gasteiger partial charge in [0.25, 0.3) is 0 Å². The molecule has 0 heterocycles. The Bertz CT molecular complexity index is 502. The second-order valence-corrected chi connectivity index (χ2v) is 5.23. The molecule has 0 aliphatic rings. The summed E-state index contributed by atoms with van der Waals surface area (Å²) in [6.45, 7) is 0.